The van der Waals surface area contributed by atoms with E-state index < -0.39 is 5.97 Å². The van der Waals surface area contributed by atoms with Gasteiger partial charge in [-0.25, -0.2) is 4.79 Å². The third-order valence-corrected chi connectivity index (χ3v) is 5.28. The number of methoxy groups -OCH3 is 1. The average Bonchev–Trinajstić information content (AvgIpc) is 2.70. The lowest BCUT2D eigenvalue weighted by atomic mass is 10.1. The predicted octanol–water partition coefficient (Wildman–Crippen LogP) is 3.09. The molecule has 0 radical (unpaired) electrons. The summed E-state index contributed by atoms with van der Waals surface area (Å²) >= 11 is 0. The van der Waals surface area contributed by atoms with Gasteiger partial charge in [-0.1, -0.05) is 6.07 Å². The molecule has 2 aromatic carbocycles. The molecule has 3 rings (SSSR count). The standard InChI is InChI=1S/C22H27N3O3/c1-15-5-6-17(13-16(15)2)21(26)23-19-14-18(22(27)28-4)7-8-20(19)25-11-9-24(3)10-12-25/h5-8,13-14H,9-12H2,1-4H3,(H,23,26). The van der Waals surface area contributed by atoms with Crippen LogP contribution in [0.5, 0.6) is 0 Å². The van der Waals surface area contributed by atoms with Gasteiger partial charge in [-0.2, -0.15) is 0 Å². The van der Waals surface area contributed by atoms with Crippen LogP contribution in [0, 0.1) is 13.8 Å². The van der Waals surface area contributed by atoms with Gasteiger partial charge in [0, 0.05) is 31.7 Å². The fraction of sp³-hybridized carbons (Fsp3) is 0.364. The zero-order chi connectivity index (χ0) is 20.3. The van der Waals surface area contributed by atoms with Crippen molar-refractivity contribution in [3.8, 4) is 0 Å². The highest BCUT2D eigenvalue weighted by Gasteiger charge is 2.20. The monoisotopic (exact) mass is 381 g/mol. The van der Waals surface area contributed by atoms with E-state index in [-0.39, 0.29) is 5.91 Å². The number of hydrogen-bond donors (Lipinski definition) is 1. The third kappa shape index (κ3) is 4.34. The van der Waals surface area contributed by atoms with E-state index in [0.717, 1.165) is 43.0 Å². The molecule has 1 heterocycles. The SMILES string of the molecule is COC(=O)c1ccc(N2CCN(C)CC2)c(NC(=O)c2ccc(C)c(C)c2)c1. The van der Waals surface area contributed by atoms with Crippen molar-refractivity contribution in [1.29, 1.82) is 0 Å². The van der Waals surface area contributed by atoms with Crippen molar-refractivity contribution in [2.24, 2.45) is 0 Å². The summed E-state index contributed by atoms with van der Waals surface area (Å²) in [6, 6.07) is 11.0. The molecular weight excluding hydrogens is 354 g/mol. The van der Waals surface area contributed by atoms with Crippen molar-refractivity contribution in [1.82, 2.24) is 4.90 Å². The van der Waals surface area contributed by atoms with Crippen molar-refractivity contribution < 1.29 is 14.3 Å². The molecule has 1 saturated heterocycles. The maximum absolute atomic E-state index is 12.9. The van der Waals surface area contributed by atoms with Gasteiger partial charge in [-0.05, 0) is 62.4 Å². The van der Waals surface area contributed by atoms with E-state index >= 15 is 0 Å². The maximum atomic E-state index is 12.9. The minimum atomic E-state index is -0.424. The number of benzene rings is 2. The Kier molecular flexibility index (Phi) is 5.99. The number of carbonyl (C=O) groups excluding carboxylic acids is 2. The summed E-state index contributed by atoms with van der Waals surface area (Å²) in [6.07, 6.45) is 0. The first-order valence-corrected chi connectivity index (χ1v) is 9.43. The average molecular weight is 381 g/mol. The number of carbonyl (C=O) groups is 2. The van der Waals surface area contributed by atoms with Crippen LogP contribution in [0.4, 0.5) is 11.4 Å². The zero-order valence-electron chi connectivity index (χ0n) is 16.9. The summed E-state index contributed by atoms with van der Waals surface area (Å²) in [4.78, 5) is 29.3. The molecule has 6 nitrogen and oxygen atoms in total. The number of piperazine rings is 1. The number of amides is 1. The van der Waals surface area contributed by atoms with Gasteiger partial charge < -0.3 is 19.9 Å². The van der Waals surface area contributed by atoms with Gasteiger partial charge in [-0.15, -0.1) is 0 Å². The highest BCUT2D eigenvalue weighted by molar-refractivity contribution is 6.07. The van der Waals surface area contributed by atoms with Gasteiger partial charge in [-0.3, -0.25) is 4.79 Å². The fourth-order valence-electron chi connectivity index (χ4n) is 3.28. The van der Waals surface area contributed by atoms with Crippen LogP contribution in [0.2, 0.25) is 0 Å². The number of aryl methyl sites for hydroxylation is 2. The Morgan fingerprint density at radius 1 is 0.929 bits per heavy atom. The first-order chi connectivity index (χ1) is 13.4. The Bertz CT molecular complexity index is 887. The lowest BCUT2D eigenvalue weighted by Gasteiger charge is -2.35. The fourth-order valence-corrected chi connectivity index (χ4v) is 3.28. The molecule has 0 saturated carbocycles. The topological polar surface area (TPSA) is 61.9 Å². The smallest absolute Gasteiger partial charge is 0.337 e. The van der Waals surface area contributed by atoms with Crippen LogP contribution in [0.25, 0.3) is 0 Å². The summed E-state index contributed by atoms with van der Waals surface area (Å²) in [6.45, 7) is 7.62. The Morgan fingerprint density at radius 3 is 2.25 bits per heavy atom. The summed E-state index contributed by atoms with van der Waals surface area (Å²) in [5, 5.41) is 3.00. The van der Waals surface area contributed by atoms with Crippen LogP contribution < -0.4 is 10.2 Å². The van der Waals surface area contributed by atoms with E-state index in [2.05, 4.69) is 22.2 Å². The van der Waals surface area contributed by atoms with Crippen molar-refractivity contribution in [3.05, 3.63) is 58.7 Å². The Labute approximate surface area is 166 Å². The maximum Gasteiger partial charge on any atom is 0.337 e. The highest BCUT2D eigenvalue weighted by atomic mass is 16.5. The molecule has 1 amide bonds. The van der Waals surface area contributed by atoms with Gasteiger partial charge in [0.15, 0.2) is 0 Å². The molecule has 2 aromatic rings. The molecule has 0 aliphatic carbocycles. The number of anilines is 2. The number of nitrogens with one attached hydrogen (secondary N) is 1. The third-order valence-electron chi connectivity index (χ3n) is 5.28. The molecule has 28 heavy (non-hydrogen) atoms. The van der Waals surface area contributed by atoms with E-state index in [1.165, 1.54) is 7.11 Å². The number of esters is 1. The van der Waals surface area contributed by atoms with Gasteiger partial charge in [0.1, 0.15) is 0 Å². The molecule has 1 N–H and O–H groups in total. The molecule has 0 bridgehead atoms. The molecule has 1 aliphatic rings. The van der Waals surface area contributed by atoms with Crippen molar-refractivity contribution >= 4 is 23.3 Å². The summed E-state index contributed by atoms with van der Waals surface area (Å²) in [5.41, 5.74) is 4.75. The molecule has 148 valence electrons. The van der Waals surface area contributed by atoms with Crippen LogP contribution >= 0.6 is 0 Å². The van der Waals surface area contributed by atoms with E-state index in [4.69, 9.17) is 4.74 Å². The normalized spacial score (nSPS) is 14.6. The Morgan fingerprint density at radius 2 is 1.61 bits per heavy atom. The predicted molar refractivity (Wildman–Crippen MR) is 111 cm³/mol. The van der Waals surface area contributed by atoms with Crippen molar-refractivity contribution in [2.75, 3.05) is 50.6 Å². The van der Waals surface area contributed by atoms with Gasteiger partial charge in [0.2, 0.25) is 0 Å². The minimum Gasteiger partial charge on any atom is -0.465 e. The van der Waals surface area contributed by atoms with Gasteiger partial charge >= 0.3 is 5.97 Å². The van der Waals surface area contributed by atoms with Crippen molar-refractivity contribution in [2.45, 2.75) is 13.8 Å². The van der Waals surface area contributed by atoms with Crippen LogP contribution in [0.3, 0.4) is 0 Å². The number of rotatable bonds is 4. The second kappa shape index (κ2) is 8.44. The quantitative estimate of drug-likeness (QED) is 0.825. The minimum absolute atomic E-state index is 0.194. The molecule has 0 aromatic heterocycles. The molecule has 6 heteroatoms. The number of ether oxygens (including phenoxy) is 1. The van der Waals surface area contributed by atoms with Gasteiger partial charge in [0.25, 0.3) is 5.91 Å². The first kappa shape index (κ1) is 19.9. The second-order valence-corrected chi connectivity index (χ2v) is 7.27. The van der Waals surface area contributed by atoms with Crippen LogP contribution in [0.1, 0.15) is 31.8 Å². The van der Waals surface area contributed by atoms with Crippen LogP contribution in [0.15, 0.2) is 36.4 Å². The summed E-state index contributed by atoms with van der Waals surface area (Å²) in [7, 11) is 3.45. The van der Waals surface area contributed by atoms with Crippen LogP contribution in [-0.2, 0) is 4.74 Å². The summed E-state index contributed by atoms with van der Waals surface area (Å²) < 4.78 is 4.84. The lowest BCUT2D eigenvalue weighted by molar-refractivity contribution is 0.0600. The Hall–Kier alpha value is -2.86. The molecule has 1 aliphatic heterocycles. The van der Waals surface area contributed by atoms with E-state index in [0.29, 0.717) is 16.8 Å². The Balaban J connectivity index is 1.92. The second-order valence-electron chi connectivity index (χ2n) is 7.27. The van der Waals surface area contributed by atoms with E-state index in [1.807, 2.05) is 38.1 Å². The molecular formula is C22H27N3O3. The number of likely N-dealkylation sites (N-methyl/N-ethyl adjacent to an activating group) is 1. The molecule has 0 atom stereocenters. The van der Waals surface area contributed by atoms with Gasteiger partial charge in [0.05, 0.1) is 24.0 Å². The molecule has 1 fully saturated rings. The largest absolute Gasteiger partial charge is 0.465 e. The summed E-state index contributed by atoms with van der Waals surface area (Å²) in [5.74, 6) is -0.618. The van der Waals surface area contributed by atoms with E-state index in [1.54, 1.807) is 12.1 Å². The lowest BCUT2D eigenvalue weighted by Crippen LogP contribution is -2.44. The zero-order valence-corrected chi connectivity index (χ0v) is 16.9. The van der Waals surface area contributed by atoms with Crippen molar-refractivity contribution in [3.63, 3.8) is 0 Å². The number of hydrogen-bond acceptors (Lipinski definition) is 5. The molecule has 0 unspecified atom stereocenters. The first-order valence-electron chi connectivity index (χ1n) is 9.43. The van der Waals surface area contributed by atoms with Crippen LogP contribution in [-0.4, -0.2) is 57.1 Å². The van der Waals surface area contributed by atoms with E-state index in [9.17, 15) is 9.59 Å². The highest BCUT2D eigenvalue weighted by Crippen LogP contribution is 2.29. The molecule has 0 spiro atoms. The number of nitrogens with zero attached hydrogens (tertiary/aromatic N) is 2.